The van der Waals surface area contributed by atoms with Crippen LogP contribution in [0.4, 0.5) is 5.69 Å². The zero-order chi connectivity index (χ0) is 15.8. The van der Waals surface area contributed by atoms with E-state index < -0.39 is 10.0 Å². The summed E-state index contributed by atoms with van der Waals surface area (Å²) in [6.07, 6.45) is 0.691. The average molecular weight is 310 g/mol. The largest absolute Gasteiger partial charge is 0.309 e. The summed E-state index contributed by atoms with van der Waals surface area (Å²) in [7, 11) is -3.45. The van der Waals surface area contributed by atoms with Crippen LogP contribution in [0.15, 0.2) is 23.1 Å². The molecule has 1 aliphatic heterocycles. The number of hydrogen-bond acceptors (Lipinski definition) is 3. The quantitative estimate of drug-likeness (QED) is 0.855. The van der Waals surface area contributed by atoms with Crippen LogP contribution in [0.3, 0.4) is 0 Å². The van der Waals surface area contributed by atoms with Crippen molar-refractivity contribution in [2.24, 2.45) is 0 Å². The van der Waals surface area contributed by atoms with Crippen molar-refractivity contribution in [3.8, 4) is 0 Å². The molecule has 0 aromatic heterocycles. The van der Waals surface area contributed by atoms with Crippen molar-refractivity contribution >= 4 is 21.6 Å². The molecule has 5 nitrogen and oxygen atoms in total. The molecule has 1 aromatic rings. The van der Waals surface area contributed by atoms with Gasteiger partial charge in [0.1, 0.15) is 0 Å². The standard InChI is InChI=1S/C15H22N2O3S/c1-5-16(6-2)21(19,20)14-7-8-15-13(10-14)9-11(3)17(15)12(4)18/h7-8,10-11H,5-6,9H2,1-4H3/t11-/m0/s1. The second-order valence-corrected chi connectivity index (χ2v) is 7.26. The van der Waals surface area contributed by atoms with Gasteiger partial charge in [-0.25, -0.2) is 8.42 Å². The molecule has 0 unspecified atom stereocenters. The van der Waals surface area contributed by atoms with Gasteiger partial charge in [-0.15, -0.1) is 0 Å². The number of anilines is 1. The van der Waals surface area contributed by atoms with Crippen LogP contribution in [-0.4, -0.2) is 37.8 Å². The first kappa shape index (κ1) is 16.0. The maximum Gasteiger partial charge on any atom is 0.243 e. The molecule has 1 atom stereocenters. The minimum atomic E-state index is -3.45. The third-order valence-electron chi connectivity index (χ3n) is 3.95. The Hall–Kier alpha value is -1.40. The lowest BCUT2D eigenvalue weighted by Crippen LogP contribution is -2.33. The van der Waals surface area contributed by atoms with E-state index in [-0.39, 0.29) is 11.9 Å². The molecular formula is C15H22N2O3S. The van der Waals surface area contributed by atoms with Crippen LogP contribution >= 0.6 is 0 Å². The summed E-state index contributed by atoms with van der Waals surface area (Å²) in [6.45, 7) is 8.06. The van der Waals surface area contributed by atoms with Gasteiger partial charge in [-0.2, -0.15) is 4.31 Å². The van der Waals surface area contributed by atoms with Crippen LogP contribution in [0.25, 0.3) is 0 Å². The second-order valence-electron chi connectivity index (χ2n) is 5.32. The van der Waals surface area contributed by atoms with Gasteiger partial charge in [0.25, 0.3) is 0 Å². The van der Waals surface area contributed by atoms with E-state index in [9.17, 15) is 13.2 Å². The van der Waals surface area contributed by atoms with Crippen molar-refractivity contribution < 1.29 is 13.2 Å². The Morgan fingerprint density at radius 3 is 2.48 bits per heavy atom. The summed E-state index contributed by atoms with van der Waals surface area (Å²) in [4.78, 5) is 13.7. The first-order chi connectivity index (χ1) is 9.82. The molecule has 1 aromatic carbocycles. The lowest BCUT2D eigenvalue weighted by Gasteiger charge is -2.21. The average Bonchev–Trinajstić information content (AvgIpc) is 2.74. The van der Waals surface area contributed by atoms with Crippen LogP contribution in [0, 0.1) is 0 Å². The number of nitrogens with zero attached hydrogens (tertiary/aromatic N) is 2. The fourth-order valence-corrected chi connectivity index (χ4v) is 4.47. The smallest absolute Gasteiger partial charge is 0.243 e. The maximum absolute atomic E-state index is 12.5. The Bertz CT molecular complexity index is 651. The number of sulfonamides is 1. The number of rotatable bonds is 4. The SMILES string of the molecule is CCN(CC)S(=O)(=O)c1ccc2c(c1)C[C@H](C)N2C(C)=O. The Balaban J connectivity index is 2.45. The van der Waals surface area contributed by atoms with E-state index in [0.29, 0.717) is 24.4 Å². The van der Waals surface area contributed by atoms with Gasteiger partial charge in [-0.3, -0.25) is 4.79 Å². The van der Waals surface area contributed by atoms with E-state index in [1.165, 1.54) is 11.2 Å². The third kappa shape index (κ3) is 2.70. The van der Waals surface area contributed by atoms with Crippen molar-refractivity contribution in [3.63, 3.8) is 0 Å². The summed E-state index contributed by atoms with van der Waals surface area (Å²) < 4.78 is 26.5. The lowest BCUT2D eigenvalue weighted by molar-refractivity contribution is -0.116. The predicted molar refractivity (Wildman–Crippen MR) is 82.9 cm³/mol. The fraction of sp³-hybridized carbons (Fsp3) is 0.533. The first-order valence-electron chi connectivity index (χ1n) is 7.25. The Morgan fingerprint density at radius 1 is 1.33 bits per heavy atom. The highest BCUT2D eigenvalue weighted by Gasteiger charge is 2.31. The zero-order valence-electron chi connectivity index (χ0n) is 13.0. The van der Waals surface area contributed by atoms with E-state index in [2.05, 4.69) is 0 Å². The van der Waals surface area contributed by atoms with Crippen molar-refractivity contribution in [1.29, 1.82) is 0 Å². The molecule has 0 aliphatic carbocycles. The van der Waals surface area contributed by atoms with Crippen molar-refractivity contribution in [1.82, 2.24) is 4.31 Å². The van der Waals surface area contributed by atoms with Gasteiger partial charge in [-0.05, 0) is 37.1 Å². The highest BCUT2D eigenvalue weighted by atomic mass is 32.2. The number of benzene rings is 1. The molecule has 1 aliphatic rings. The van der Waals surface area contributed by atoms with Crippen LogP contribution in [0.5, 0.6) is 0 Å². The molecule has 0 fully saturated rings. The van der Waals surface area contributed by atoms with Gasteiger partial charge >= 0.3 is 0 Å². The molecule has 0 radical (unpaired) electrons. The Morgan fingerprint density at radius 2 is 1.95 bits per heavy atom. The van der Waals surface area contributed by atoms with Gasteiger partial charge < -0.3 is 4.90 Å². The normalized spacial score (nSPS) is 18.1. The van der Waals surface area contributed by atoms with E-state index in [4.69, 9.17) is 0 Å². The van der Waals surface area contributed by atoms with E-state index in [1.807, 2.05) is 20.8 Å². The molecular weight excluding hydrogens is 288 g/mol. The van der Waals surface area contributed by atoms with Gasteiger partial charge in [-0.1, -0.05) is 13.8 Å². The number of hydrogen-bond donors (Lipinski definition) is 0. The lowest BCUT2D eigenvalue weighted by atomic mass is 10.1. The molecule has 0 bridgehead atoms. The first-order valence-corrected chi connectivity index (χ1v) is 8.69. The van der Waals surface area contributed by atoms with E-state index in [1.54, 1.807) is 23.1 Å². The maximum atomic E-state index is 12.5. The van der Waals surface area contributed by atoms with Crippen molar-refractivity contribution in [2.75, 3.05) is 18.0 Å². The van der Waals surface area contributed by atoms with E-state index in [0.717, 1.165) is 11.3 Å². The number of carbonyl (C=O) groups is 1. The van der Waals surface area contributed by atoms with Gasteiger partial charge in [0, 0.05) is 31.7 Å². The minimum absolute atomic E-state index is 0.0133. The number of amides is 1. The molecule has 2 rings (SSSR count). The molecule has 0 N–H and O–H groups in total. The van der Waals surface area contributed by atoms with Crippen LogP contribution < -0.4 is 4.90 Å². The molecule has 0 spiro atoms. The van der Waals surface area contributed by atoms with Crippen molar-refractivity contribution in [3.05, 3.63) is 23.8 Å². The van der Waals surface area contributed by atoms with Crippen LogP contribution in [0.1, 0.15) is 33.3 Å². The molecule has 0 saturated heterocycles. The highest BCUT2D eigenvalue weighted by Crippen LogP contribution is 2.34. The monoisotopic (exact) mass is 310 g/mol. The van der Waals surface area contributed by atoms with Gasteiger partial charge in [0.15, 0.2) is 0 Å². The van der Waals surface area contributed by atoms with Crippen molar-refractivity contribution in [2.45, 2.75) is 45.1 Å². The van der Waals surface area contributed by atoms with Gasteiger partial charge in [0.05, 0.1) is 4.90 Å². The Labute approximate surface area is 126 Å². The number of fused-ring (bicyclic) bond motifs is 1. The Kier molecular flexibility index (Phi) is 4.39. The van der Waals surface area contributed by atoms with Crippen LogP contribution in [-0.2, 0) is 21.2 Å². The third-order valence-corrected chi connectivity index (χ3v) is 5.99. The summed E-state index contributed by atoms with van der Waals surface area (Å²) in [5.41, 5.74) is 1.75. The molecule has 6 heteroatoms. The fourth-order valence-electron chi connectivity index (χ4n) is 2.96. The van der Waals surface area contributed by atoms with E-state index >= 15 is 0 Å². The minimum Gasteiger partial charge on any atom is -0.309 e. The summed E-state index contributed by atoms with van der Waals surface area (Å²) in [5.74, 6) is -0.0133. The number of carbonyl (C=O) groups excluding carboxylic acids is 1. The molecule has 0 saturated carbocycles. The van der Waals surface area contributed by atoms with Crippen LogP contribution in [0.2, 0.25) is 0 Å². The predicted octanol–water partition coefficient (Wildman–Crippen LogP) is 2.01. The summed E-state index contributed by atoms with van der Waals surface area (Å²) >= 11 is 0. The molecule has 116 valence electrons. The molecule has 1 heterocycles. The summed E-state index contributed by atoms with van der Waals surface area (Å²) in [6, 6.07) is 5.13. The highest BCUT2D eigenvalue weighted by molar-refractivity contribution is 7.89. The van der Waals surface area contributed by atoms with Gasteiger partial charge in [0.2, 0.25) is 15.9 Å². The summed E-state index contributed by atoms with van der Waals surface area (Å²) in [5, 5.41) is 0. The topological polar surface area (TPSA) is 57.7 Å². The second kappa shape index (κ2) is 5.77. The zero-order valence-corrected chi connectivity index (χ0v) is 13.8. The molecule has 21 heavy (non-hydrogen) atoms. The molecule has 1 amide bonds.